The van der Waals surface area contributed by atoms with Gasteiger partial charge in [-0.25, -0.2) is 0 Å². The van der Waals surface area contributed by atoms with Gasteiger partial charge in [-0.2, -0.15) is 0 Å². The lowest BCUT2D eigenvalue weighted by Crippen LogP contribution is -2.33. The maximum atomic E-state index is 12.4. The molecular formula is C18H22N6O. The number of amides is 1. The molecule has 4 heterocycles. The number of fused-ring (bicyclic) bond motifs is 2. The van der Waals surface area contributed by atoms with Crippen LogP contribution in [0.3, 0.4) is 0 Å². The minimum Gasteiger partial charge on any atom is -0.347 e. The van der Waals surface area contributed by atoms with E-state index in [1.54, 1.807) is 0 Å². The second-order valence-electron chi connectivity index (χ2n) is 7.58. The van der Waals surface area contributed by atoms with E-state index in [2.05, 4.69) is 31.5 Å². The fourth-order valence-corrected chi connectivity index (χ4v) is 4.15. The largest absolute Gasteiger partial charge is 0.347 e. The lowest BCUT2D eigenvalue weighted by molar-refractivity contribution is 0.0932. The number of aromatic nitrogens is 4. The number of carbonyl (C=O) groups is 1. The van der Waals surface area contributed by atoms with Crippen LogP contribution in [0.1, 0.15) is 34.8 Å². The topological polar surface area (TPSA) is 75.9 Å². The van der Waals surface area contributed by atoms with Crippen molar-refractivity contribution in [3.8, 4) is 0 Å². The zero-order valence-electron chi connectivity index (χ0n) is 14.1. The van der Waals surface area contributed by atoms with Gasteiger partial charge in [-0.15, -0.1) is 10.2 Å². The summed E-state index contributed by atoms with van der Waals surface area (Å²) < 4.78 is 2.05. The molecule has 25 heavy (non-hydrogen) atoms. The van der Waals surface area contributed by atoms with Gasteiger partial charge in [0.05, 0.1) is 0 Å². The lowest BCUT2D eigenvalue weighted by atomic mass is 9.89. The van der Waals surface area contributed by atoms with Crippen molar-refractivity contribution in [1.29, 1.82) is 0 Å². The molecule has 1 N–H and O–H groups in total. The Bertz CT molecular complexity index is 784. The first-order chi connectivity index (χ1) is 12.3. The molecule has 2 aromatic rings. The highest BCUT2D eigenvalue weighted by atomic mass is 16.2. The lowest BCUT2D eigenvalue weighted by Gasteiger charge is -2.25. The quantitative estimate of drug-likeness (QED) is 0.895. The average molecular weight is 338 g/mol. The van der Waals surface area contributed by atoms with Gasteiger partial charge in [-0.05, 0) is 36.3 Å². The van der Waals surface area contributed by atoms with Gasteiger partial charge in [0, 0.05) is 51.0 Å². The first-order valence-electron chi connectivity index (χ1n) is 9.10. The average Bonchev–Trinajstić information content (AvgIpc) is 3.19. The van der Waals surface area contributed by atoms with E-state index in [1.165, 1.54) is 5.56 Å². The Morgan fingerprint density at radius 1 is 1.20 bits per heavy atom. The van der Waals surface area contributed by atoms with Crippen molar-refractivity contribution in [2.24, 2.45) is 11.8 Å². The van der Waals surface area contributed by atoms with E-state index in [4.69, 9.17) is 0 Å². The van der Waals surface area contributed by atoms with Crippen molar-refractivity contribution < 1.29 is 4.79 Å². The molecule has 1 saturated heterocycles. The standard InChI is InChI=1S/C18H22N6O/c25-18(20-15-3-4-15)17-22-21-16-6-13-9-23(10-14(13)11-24(16)17)8-12-2-1-5-19-7-12/h1-2,5,7,13-15H,3-4,6,8-11H2,(H,20,25)/t13-,14-/m0/s1. The van der Waals surface area contributed by atoms with Crippen molar-refractivity contribution in [2.75, 3.05) is 13.1 Å². The summed E-state index contributed by atoms with van der Waals surface area (Å²) in [6, 6.07) is 4.47. The monoisotopic (exact) mass is 338 g/mol. The van der Waals surface area contributed by atoms with Crippen molar-refractivity contribution in [3.05, 3.63) is 41.7 Å². The van der Waals surface area contributed by atoms with Crippen LogP contribution in [0.5, 0.6) is 0 Å². The van der Waals surface area contributed by atoms with Crippen LogP contribution in [0, 0.1) is 11.8 Å². The Morgan fingerprint density at radius 3 is 2.88 bits per heavy atom. The zero-order valence-corrected chi connectivity index (χ0v) is 14.1. The van der Waals surface area contributed by atoms with Gasteiger partial charge >= 0.3 is 0 Å². The molecule has 1 aliphatic carbocycles. The molecule has 7 nitrogen and oxygen atoms in total. The summed E-state index contributed by atoms with van der Waals surface area (Å²) in [5.41, 5.74) is 1.25. The second kappa shape index (κ2) is 5.91. The van der Waals surface area contributed by atoms with E-state index in [0.717, 1.165) is 51.3 Å². The number of hydrogen-bond acceptors (Lipinski definition) is 5. The summed E-state index contributed by atoms with van der Waals surface area (Å²) in [4.78, 5) is 19.1. The number of rotatable bonds is 4. The van der Waals surface area contributed by atoms with E-state index in [9.17, 15) is 4.79 Å². The molecule has 0 spiro atoms. The van der Waals surface area contributed by atoms with Gasteiger partial charge in [0.2, 0.25) is 5.82 Å². The number of nitrogens with zero attached hydrogens (tertiary/aromatic N) is 5. The van der Waals surface area contributed by atoms with Crippen LogP contribution in [-0.4, -0.2) is 49.7 Å². The fourth-order valence-electron chi connectivity index (χ4n) is 4.15. The van der Waals surface area contributed by atoms with Crippen molar-refractivity contribution in [2.45, 2.75) is 38.4 Å². The van der Waals surface area contributed by atoms with E-state index >= 15 is 0 Å². The minimum atomic E-state index is -0.0649. The summed E-state index contributed by atoms with van der Waals surface area (Å²) >= 11 is 0. The second-order valence-corrected chi connectivity index (χ2v) is 7.58. The Hall–Kier alpha value is -2.28. The Morgan fingerprint density at radius 2 is 2.08 bits per heavy atom. The number of likely N-dealkylation sites (tertiary alicyclic amines) is 1. The minimum absolute atomic E-state index is 0.0649. The highest BCUT2D eigenvalue weighted by Gasteiger charge is 2.39. The van der Waals surface area contributed by atoms with Crippen LogP contribution in [0.2, 0.25) is 0 Å². The molecule has 7 heteroatoms. The Balaban J connectivity index is 1.28. The predicted molar refractivity (Wildman–Crippen MR) is 90.7 cm³/mol. The van der Waals surface area contributed by atoms with Crippen LogP contribution in [0.25, 0.3) is 0 Å². The number of pyridine rings is 1. The first kappa shape index (κ1) is 15.0. The number of carbonyl (C=O) groups excluding carboxylic acids is 1. The van der Waals surface area contributed by atoms with E-state index in [1.807, 2.05) is 23.0 Å². The number of hydrogen-bond donors (Lipinski definition) is 1. The molecule has 130 valence electrons. The maximum Gasteiger partial charge on any atom is 0.289 e. The van der Waals surface area contributed by atoms with Crippen molar-refractivity contribution in [1.82, 2.24) is 30.0 Å². The molecule has 0 aromatic carbocycles. The third kappa shape index (κ3) is 2.93. The summed E-state index contributed by atoms with van der Waals surface area (Å²) in [6.07, 6.45) is 6.84. The zero-order chi connectivity index (χ0) is 16.8. The third-order valence-electron chi connectivity index (χ3n) is 5.59. The van der Waals surface area contributed by atoms with Crippen LogP contribution in [0.15, 0.2) is 24.5 Å². The van der Waals surface area contributed by atoms with Gasteiger partial charge in [0.25, 0.3) is 5.91 Å². The van der Waals surface area contributed by atoms with E-state index in [-0.39, 0.29) is 5.91 Å². The highest BCUT2D eigenvalue weighted by Crippen LogP contribution is 2.33. The van der Waals surface area contributed by atoms with Gasteiger partial charge in [0.1, 0.15) is 5.82 Å². The van der Waals surface area contributed by atoms with Crippen LogP contribution < -0.4 is 5.32 Å². The molecule has 0 unspecified atom stereocenters. The molecule has 0 bridgehead atoms. The van der Waals surface area contributed by atoms with E-state index < -0.39 is 0 Å². The third-order valence-corrected chi connectivity index (χ3v) is 5.59. The molecule has 1 amide bonds. The van der Waals surface area contributed by atoms with Crippen LogP contribution >= 0.6 is 0 Å². The van der Waals surface area contributed by atoms with Gasteiger partial charge in [-0.3, -0.25) is 14.7 Å². The molecule has 5 rings (SSSR count). The normalized spacial score (nSPS) is 25.4. The van der Waals surface area contributed by atoms with Crippen LogP contribution in [0.4, 0.5) is 0 Å². The SMILES string of the molecule is O=C(NC1CC1)c1nnc2n1C[C@@H]1CN(Cc3cccnc3)C[C@@H]1C2. The summed E-state index contributed by atoms with van der Waals surface area (Å²) in [5, 5.41) is 11.5. The molecule has 2 aliphatic heterocycles. The molecular weight excluding hydrogens is 316 g/mol. The van der Waals surface area contributed by atoms with E-state index in [0.29, 0.717) is 23.7 Å². The van der Waals surface area contributed by atoms with Crippen molar-refractivity contribution >= 4 is 5.91 Å². The first-order valence-corrected chi connectivity index (χ1v) is 9.10. The fraction of sp³-hybridized carbons (Fsp3) is 0.556. The molecule has 2 aromatic heterocycles. The highest BCUT2D eigenvalue weighted by molar-refractivity contribution is 5.91. The maximum absolute atomic E-state index is 12.4. The van der Waals surface area contributed by atoms with Gasteiger partial charge < -0.3 is 9.88 Å². The summed E-state index contributed by atoms with van der Waals surface area (Å²) in [5.74, 6) is 2.56. The molecule has 2 fully saturated rings. The molecule has 2 atom stereocenters. The summed E-state index contributed by atoms with van der Waals surface area (Å²) in [7, 11) is 0. The van der Waals surface area contributed by atoms with Gasteiger partial charge in [0.15, 0.2) is 0 Å². The number of nitrogens with one attached hydrogen (secondary N) is 1. The van der Waals surface area contributed by atoms with Crippen molar-refractivity contribution in [3.63, 3.8) is 0 Å². The molecule has 0 radical (unpaired) electrons. The predicted octanol–water partition coefficient (Wildman–Crippen LogP) is 0.870. The molecule has 3 aliphatic rings. The van der Waals surface area contributed by atoms with Gasteiger partial charge in [-0.1, -0.05) is 6.07 Å². The summed E-state index contributed by atoms with van der Waals surface area (Å²) in [6.45, 7) is 3.93. The Labute approximate surface area is 146 Å². The molecule has 1 saturated carbocycles. The Kier molecular flexibility index (Phi) is 3.55. The smallest absolute Gasteiger partial charge is 0.289 e. The van der Waals surface area contributed by atoms with Crippen LogP contribution in [-0.2, 0) is 19.5 Å².